The summed E-state index contributed by atoms with van der Waals surface area (Å²) >= 11 is 0. The number of guanidine groups is 1. The molecule has 2 aromatic heterocycles. The van der Waals surface area contributed by atoms with Gasteiger partial charge in [0.1, 0.15) is 5.76 Å². The van der Waals surface area contributed by atoms with Crippen LogP contribution in [0.2, 0.25) is 0 Å². The molecule has 7 heteroatoms. The second-order valence-electron chi connectivity index (χ2n) is 5.77. The van der Waals surface area contributed by atoms with Crippen molar-refractivity contribution in [3.05, 3.63) is 82.2 Å². The van der Waals surface area contributed by atoms with Crippen LogP contribution in [-0.4, -0.2) is 15.5 Å². The van der Waals surface area contributed by atoms with Gasteiger partial charge in [-0.2, -0.15) is 0 Å². The van der Waals surface area contributed by atoms with Crippen molar-refractivity contribution in [2.24, 2.45) is 4.99 Å². The highest BCUT2D eigenvalue weighted by molar-refractivity contribution is 5.93. The van der Waals surface area contributed by atoms with Gasteiger partial charge >= 0.3 is 0 Å². The van der Waals surface area contributed by atoms with E-state index in [1.165, 1.54) is 10.6 Å². The van der Waals surface area contributed by atoms with Gasteiger partial charge in [-0.05, 0) is 24.6 Å². The predicted octanol–water partition coefficient (Wildman–Crippen LogP) is 2.26. The standard InChI is InChI=1S/C18H17N5O2/c1-12-10-15(24)23-16(14-8-5-9-25-14)21-17(22-18(23)20-12)19-11-13-6-3-2-4-7-13/h2-10,16H,11H2,1H3,(H2,19,20,21,22). The molecule has 1 atom stereocenters. The minimum atomic E-state index is -0.499. The van der Waals surface area contributed by atoms with Gasteiger partial charge in [0, 0.05) is 11.8 Å². The number of furan rings is 1. The minimum Gasteiger partial charge on any atom is -0.465 e. The molecule has 2 N–H and O–H groups in total. The summed E-state index contributed by atoms with van der Waals surface area (Å²) in [5.74, 6) is 1.60. The highest BCUT2D eigenvalue weighted by Crippen LogP contribution is 2.21. The third-order valence-electron chi connectivity index (χ3n) is 3.92. The maximum Gasteiger partial charge on any atom is 0.257 e. The van der Waals surface area contributed by atoms with Crippen molar-refractivity contribution in [1.82, 2.24) is 14.9 Å². The van der Waals surface area contributed by atoms with E-state index in [9.17, 15) is 4.79 Å². The Labute approximate surface area is 144 Å². The van der Waals surface area contributed by atoms with E-state index in [4.69, 9.17) is 4.42 Å². The number of benzene rings is 1. The van der Waals surface area contributed by atoms with Crippen LogP contribution in [0.3, 0.4) is 0 Å². The Morgan fingerprint density at radius 3 is 2.84 bits per heavy atom. The van der Waals surface area contributed by atoms with Crippen molar-refractivity contribution in [3.63, 3.8) is 0 Å². The van der Waals surface area contributed by atoms with Gasteiger partial charge in [0.25, 0.3) is 5.56 Å². The van der Waals surface area contributed by atoms with Crippen LogP contribution in [0.5, 0.6) is 0 Å². The average molecular weight is 335 g/mol. The quantitative estimate of drug-likeness (QED) is 0.767. The van der Waals surface area contributed by atoms with E-state index in [0.29, 0.717) is 29.9 Å². The number of nitrogens with zero attached hydrogens (tertiary/aromatic N) is 3. The summed E-state index contributed by atoms with van der Waals surface area (Å²) in [7, 11) is 0. The molecule has 3 heterocycles. The van der Waals surface area contributed by atoms with E-state index < -0.39 is 6.17 Å². The van der Waals surface area contributed by atoms with Gasteiger partial charge in [-0.25, -0.2) is 14.5 Å². The molecule has 25 heavy (non-hydrogen) atoms. The third kappa shape index (κ3) is 3.03. The molecular formula is C18H17N5O2. The first-order valence-electron chi connectivity index (χ1n) is 7.96. The van der Waals surface area contributed by atoms with Crippen LogP contribution in [0.15, 0.2) is 69.0 Å². The monoisotopic (exact) mass is 335 g/mol. The van der Waals surface area contributed by atoms with Crippen molar-refractivity contribution in [2.75, 3.05) is 5.32 Å². The lowest BCUT2D eigenvalue weighted by Gasteiger charge is -2.29. The topological polar surface area (TPSA) is 84.5 Å². The second kappa shape index (κ2) is 6.27. The summed E-state index contributed by atoms with van der Waals surface area (Å²) < 4.78 is 7.01. The van der Waals surface area contributed by atoms with Gasteiger partial charge in [0.2, 0.25) is 5.95 Å². The normalized spacial score (nSPS) is 17.6. The average Bonchev–Trinajstić information content (AvgIpc) is 3.14. The summed E-state index contributed by atoms with van der Waals surface area (Å²) in [6.45, 7) is 2.30. The van der Waals surface area contributed by atoms with Crippen LogP contribution < -0.4 is 16.2 Å². The molecular weight excluding hydrogens is 318 g/mol. The number of anilines is 1. The van der Waals surface area contributed by atoms with E-state index in [1.54, 1.807) is 19.3 Å². The molecule has 3 aromatic rings. The van der Waals surface area contributed by atoms with Crippen molar-refractivity contribution in [3.8, 4) is 0 Å². The fourth-order valence-electron chi connectivity index (χ4n) is 2.76. The molecule has 0 saturated carbocycles. The van der Waals surface area contributed by atoms with Gasteiger partial charge in [-0.3, -0.25) is 10.1 Å². The van der Waals surface area contributed by atoms with Gasteiger partial charge in [-0.15, -0.1) is 0 Å². The van der Waals surface area contributed by atoms with Crippen molar-refractivity contribution >= 4 is 11.9 Å². The van der Waals surface area contributed by atoms with E-state index >= 15 is 0 Å². The van der Waals surface area contributed by atoms with Crippen LogP contribution in [0, 0.1) is 6.92 Å². The van der Waals surface area contributed by atoms with E-state index in [0.717, 1.165) is 5.56 Å². The summed E-state index contributed by atoms with van der Waals surface area (Å²) in [5, 5.41) is 6.30. The summed E-state index contributed by atoms with van der Waals surface area (Å²) in [5.41, 5.74) is 1.57. The lowest BCUT2D eigenvalue weighted by atomic mass is 10.2. The molecule has 0 radical (unpaired) electrons. The molecule has 0 bridgehead atoms. The summed E-state index contributed by atoms with van der Waals surface area (Å²) in [4.78, 5) is 21.4. The third-order valence-corrected chi connectivity index (χ3v) is 3.92. The largest absolute Gasteiger partial charge is 0.465 e. The summed E-state index contributed by atoms with van der Waals surface area (Å²) in [6, 6.07) is 15.0. The fraction of sp³-hybridized carbons (Fsp3) is 0.167. The van der Waals surface area contributed by atoms with E-state index in [-0.39, 0.29) is 5.56 Å². The number of aromatic nitrogens is 2. The Kier molecular flexibility index (Phi) is 3.81. The fourth-order valence-corrected chi connectivity index (χ4v) is 2.76. The molecule has 1 aliphatic rings. The number of hydrogen-bond donors (Lipinski definition) is 2. The Morgan fingerprint density at radius 1 is 1.24 bits per heavy atom. The van der Waals surface area contributed by atoms with Crippen LogP contribution >= 0.6 is 0 Å². The number of aryl methyl sites for hydroxylation is 1. The molecule has 1 aromatic carbocycles. The minimum absolute atomic E-state index is 0.161. The highest BCUT2D eigenvalue weighted by Gasteiger charge is 2.28. The van der Waals surface area contributed by atoms with Crippen molar-refractivity contribution < 1.29 is 4.42 Å². The predicted molar refractivity (Wildman–Crippen MR) is 94.4 cm³/mol. The van der Waals surface area contributed by atoms with Crippen LogP contribution in [0.1, 0.15) is 23.2 Å². The van der Waals surface area contributed by atoms with Crippen LogP contribution in [0.4, 0.5) is 5.95 Å². The Morgan fingerprint density at radius 2 is 2.08 bits per heavy atom. The van der Waals surface area contributed by atoms with Crippen LogP contribution in [-0.2, 0) is 6.54 Å². The van der Waals surface area contributed by atoms with E-state index in [1.807, 2.05) is 36.4 Å². The van der Waals surface area contributed by atoms with Gasteiger partial charge in [0.15, 0.2) is 12.1 Å². The van der Waals surface area contributed by atoms with E-state index in [2.05, 4.69) is 20.6 Å². The highest BCUT2D eigenvalue weighted by atomic mass is 16.3. The number of aliphatic imine (C=N–C) groups is 1. The first kappa shape index (κ1) is 15.2. The van der Waals surface area contributed by atoms with Gasteiger partial charge < -0.3 is 9.73 Å². The SMILES string of the molecule is Cc1cc(=O)n2c(n1)NC(=NCc1ccccc1)NC2c1ccco1. The van der Waals surface area contributed by atoms with Crippen molar-refractivity contribution in [2.45, 2.75) is 19.6 Å². The van der Waals surface area contributed by atoms with Crippen LogP contribution in [0.25, 0.3) is 0 Å². The molecule has 126 valence electrons. The molecule has 0 saturated heterocycles. The molecule has 0 spiro atoms. The van der Waals surface area contributed by atoms with Crippen molar-refractivity contribution in [1.29, 1.82) is 0 Å². The molecule has 4 rings (SSSR count). The number of nitrogens with one attached hydrogen (secondary N) is 2. The number of fused-ring (bicyclic) bond motifs is 1. The zero-order chi connectivity index (χ0) is 17.2. The maximum absolute atomic E-state index is 12.4. The lowest BCUT2D eigenvalue weighted by Crippen LogP contribution is -2.48. The molecule has 0 aliphatic carbocycles. The molecule has 1 unspecified atom stereocenters. The first-order valence-corrected chi connectivity index (χ1v) is 7.96. The Balaban J connectivity index is 1.72. The lowest BCUT2D eigenvalue weighted by molar-refractivity contribution is 0.398. The second-order valence-corrected chi connectivity index (χ2v) is 5.77. The number of rotatable bonds is 3. The maximum atomic E-state index is 12.4. The zero-order valence-corrected chi connectivity index (χ0v) is 13.6. The summed E-state index contributed by atoms with van der Waals surface area (Å²) in [6.07, 6.45) is 1.08. The number of hydrogen-bond acceptors (Lipinski definition) is 4. The zero-order valence-electron chi connectivity index (χ0n) is 13.6. The smallest absolute Gasteiger partial charge is 0.257 e. The first-order chi connectivity index (χ1) is 12.2. The molecule has 0 fully saturated rings. The molecule has 7 nitrogen and oxygen atoms in total. The molecule has 1 aliphatic heterocycles. The van der Waals surface area contributed by atoms with Gasteiger partial charge in [0.05, 0.1) is 12.8 Å². The Hall–Kier alpha value is -3.35. The Bertz CT molecular complexity index is 961. The molecule has 0 amide bonds. The van der Waals surface area contributed by atoms with Gasteiger partial charge in [-0.1, -0.05) is 30.3 Å².